The number of benzene rings is 1. The summed E-state index contributed by atoms with van der Waals surface area (Å²) < 4.78 is 5.14. The summed E-state index contributed by atoms with van der Waals surface area (Å²) in [5.41, 5.74) is 1.59. The van der Waals surface area contributed by atoms with Gasteiger partial charge in [-0.15, -0.1) is 6.42 Å². The normalized spacial score (nSPS) is 9.41. The van der Waals surface area contributed by atoms with Crippen LogP contribution in [0.25, 0.3) is 0 Å². The minimum absolute atomic E-state index is 0. The van der Waals surface area contributed by atoms with E-state index in [1.807, 2.05) is 51.3 Å². The molecule has 0 aromatic heterocycles. The van der Waals surface area contributed by atoms with Crippen molar-refractivity contribution in [2.24, 2.45) is 0 Å². The van der Waals surface area contributed by atoms with Crippen molar-refractivity contribution < 1.29 is 68.1 Å². The summed E-state index contributed by atoms with van der Waals surface area (Å²) in [6.45, 7) is 5.90. The Morgan fingerprint density at radius 2 is 1.68 bits per heavy atom. The van der Waals surface area contributed by atoms with E-state index in [2.05, 4.69) is 5.32 Å². The van der Waals surface area contributed by atoms with Gasteiger partial charge in [0.05, 0.1) is 0 Å². The SMILES string of the molecule is CC(C)(C)OC(=O)NCc1ccc(CC[C-]=O)cc1.[CH3-].[W].[Y]. The minimum atomic E-state index is -0.487. The van der Waals surface area contributed by atoms with Gasteiger partial charge >= 0.3 is 6.09 Å². The van der Waals surface area contributed by atoms with Crippen molar-refractivity contribution >= 4 is 12.4 Å². The van der Waals surface area contributed by atoms with Crippen LogP contribution in [0, 0.1) is 7.43 Å². The van der Waals surface area contributed by atoms with Gasteiger partial charge in [-0.25, -0.2) is 4.79 Å². The maximum absolute atomic E-state index is 11.5. The van der Waals surface area contributed by atoms with Crippen LogP contribution in [-0.2, 0) is 76.3 Å². The number of carbonyl (C=O) groups is 1. The van der Waals surface area contributed by atoms with Crippen LogP contribution in [0.3, 0.4) is 0 Å². The molecule has 1 N–H and O–H groups in total. The third kappa shape index (κ3) is 12.5. The van der Waals surface area contributed by atoms with Gasteiger partial charge in [0, 0.05) is 60.3 Å². The Labute approximate surface area is 173 Å². The van der Waals surface area contributed by atoms with Crippen LogP contribution in [0.2, 0.25) is 0 Å². The molecule has 1 amide bonds. The van der Waals surface area contributed by atoms with Crippen LogP contribution >= 0.6 is 0 Å². The van der Waals surface area contributed by atoms with E-state index in [0.717, 1.165) is 11.1 Å². The van der Waals surface area contributed by atoms with E-state index < -0.39 is 11.7 Å². The molecule has 0 bridgehead atoms. The molecular formula is C16H23NO3WY-2. The third-order valence-corrected chi connectivity index (χ3v) is 2.37. The van der Waals surface area contributed by atoms with Gasteiger partial charge in [-0.2, -0.15) is 0 Å². The molecule has 0 spiro atoms. The molecule has 22 heavy (non-hydrogen) atoms. The second-order valence-corrected chi connectivity index (χ2v) is 5.32. The van der Waals surface area contributed by atoms with Crippen LogP contribution in [0.4, 0.5) is 4.79 Å². The number of hydrogen-bond donors (Lipinski definition) is 1. The first kappa shape index (κ1) is 26.8. The summed E-state index contributed by atoms with van der Waals surface area (Å²) in [4.78, 5) is 21.6. The fourth-order valence-electron chi connectivity index (χ4n) is 1.51. The Morgan fingerprint density at radius 1 is 1.18 bits per heavy atom. The largest absolute Gasteiger partial charge is 0.542 e. The number of amides is 1. The molecule has 0 aliphatic rings. The second-order valence-electron chi connectivity index (χ2n) is 5.32. The molecule has 0 unspecified atom stereocenters. The van der Waals surface area contributed by atoms with Crippen molar-refractivity contribution in [2.75, 3.05) is 0 Å². The zero-order chi connectivity index (χ0) is 14.3. The zero-order valence-electron chi connectivity index (χ0n) is 13.6. The summed E-state index contributed by atoms with van der Waals surface area (Å²) in [6, 6.07) is 7.75. The number of carbonyl (C=O) groups excluding carboxylic acids is 2. The van der Waals surface area contributed by atoms with E-state index in [0.29, 0.717) is 19.4 Å². The summed E-state index contributed by atoms with van der Waals surface area (Å²) in [5.74, 6) is 0. The maximum Gasteiger partial charge on any atom is 0.407 e. The Balaban J connectivity index is -0.00000120. The monoisotopic (exact) mass is 550 g/mol. The molecule has 0 saturated carbocycles. The number of rotatable bonds is 5. The van der Waals surface area contributed by atoms with E-state index in [4.69, 9.17) is 4.74 Å². The molecule has 1 rings (SSSR count). The first-order chi connectivity index (χ1) is 8.90. The minimum Gasteiger partial charge on any atom is -0.542 e. The van der Waals surface area contributed by atoms with E-state index >= 15 is 0 Å². The molecule has 1 radical (unpaired) electrons. The van der Waals surface area contributed by atoms with Gasteiger partial charge < -0.3 is 22.3 Å². The average molecular weight is 550 g/mol. The fraction of sp³-hybridized carbons (Fsp3) is 0.438. The van der Waals surface area contributed by atoms with Crippen LogP contribution in [0.1, 0.15) is 38.3 Å². The standard InChI is InChI=1S/C15H20NO3.CH3.W.Y/c1-15(2,3)19-14(18)16-11-13-8-6-12(7-9-13)5-4-10-17;;;/h6-9H,4-5,11H2,1-3H3,(H,16,18);1H3;;/q2*-1;;. The van der Waals surface area contributed by atoms with Crippen LogP contribution in [0.15, 0.2) is 24.3 Å². The molecular weight excluding hydrogens is 527 g/mol. The Morgan fingerprint density at radius 3 is 2.14 bits per heavy atom. The molecule has 0 saturated heterocycles. The van der Waals surface area contributed by atoms with Gasteiger partial charge in [0.2, 0.25) is 0 Å². The van der Waals surface area contributed by atoms with Gasteiger partial charge in [0.1, 0.15) is 5.60 Å². The van der Waals surface area contributed by atoms with E-state index in [1.54, 1.807) is 0 Å². The van der Waals surface area contributed by atoms with Crippen molar-refractivity contribution in [1.29, 1.82) is 0 Å². The fourth-order valence-corrected chi connectivity index (χ4v) is 1.51. The first-order valence-corrected chi connectivity index (χ1v) is 6.30. The third-order valence-electron chi connectivity index (χ3n) is 2.37. The van der Waals surface area contributed by atoms with Gasteiger partial charge in [-0.3, -0.25) is 6.29 Å². The maximum atomic E-state index is 11.5. The summed E-state index contributed by atoms with van der Waals surface area (Å²) in [5, 5.41) is 2.69. The molecule has 121 valence electrons. The van der Waals surface area contributed by atoms with E-state index in [1.165, 1.54) is 0 Å². The van der Waals surface area contributed by atoms with Crippen LogP contribution < -0.4 is 5.32 Å². The Bertz CT molecular complexity index is 430. The molecule has 0 aliphatic carbocycles. The molecule has 0 atom stereocenters. The molecule has 6 heteroatoms. The summed E-state index contributed by atoms with van der Waals surface area (Å²) in [7, 11) is 0. The van der Waals surface area contributed by atoms with Gasteiger partial charge in [0.25, 0.3) is 0 Å². The molecule has 0 fully saturated rings. The number of alkyl carbamates (subject to hydrolysis) is 1. The predicted octanol–water partition coefficient (Wildman–Crippen LogP) is 3.20. The average Bonchev–Trinajstić information content (AvgIpc) is 2.33. The quantitative estimate of drug-likeness (QED) is 0.574. The van der Waals surface area contributed by atoms with Gasteiger partial charge in [-0.1, -0.05) is 36.2 Å². The predicted molar refractivity (Wildman–Crippen MR) is 79.9 cm³/mol. The number of hydrogen-bond acceptors (Lipinski definition) is 3. The molecule has 1 aromatic carbocycles. The van der Waals surface area contributed by atoms with Crippen molar-refractivity contribution in [3.63, 3.8) is 0 Å². The number of aryl methyl sites for hydroxylation is 1. The zero-order valence-corrected chi connectivity index (χ0v) is 19.4. The molecule has 1 aromatic rings. The smallest absolute Gasteiger partial charge is 0.407 e. The topological polar surface area (TPSA) is 55.4 Å². The number of nitrogens with one attached hydrogen (secondary N) is 1. The summed E-state index contributed by atoms with van der Waals surface area (Å²) >= 11 is 0. The van der Waals surface area contributed by atoms with Gasteiger partial charge in [0.15, 0.2) is 0 Å². The van der Waals surface area contributed by atoms with Crippen LogP contribution in [0.5, 0.6) is 0 Å². The Hall–Kier alpha value is -0.0478. The molecule has 0 heterocycles. The van der Waals surface area contributed by atoms with Crippen molar-refractivity contribution in [3.05, 3.63) is 42.8 Å². The van der Waals surface area contributed by atoms with Crippen molar-refractivity contribution in [3.8, 4) is 0 Å². The second kappa shape index (κ2) is 13.4. The number of ether oxygens (including phenoxy) is 1. The molecule has 4 nitrogen and oxygen atoms in total. The van der Waals surface area contributed by atoms with Crippen molar-refractivity contribution in [1.82, 2.24) is 5.32 Å². The van der Waals surface area contributed by atoms with E-state index in [-0.39, 0.29) is 61.2 Å². The Kier molecular flexibility index (Phi) is 16.3. The van der Waals surface area contributed by atoms with Crippen molar-refractivity contribution in [2.45, 2.75) is 45.8 Å². The molecule has 0 aliphatic heterocycles. The van der Waals surface area contributed by atoms with Gasteiger partial charge in [-0.05, 0) is 26.3 Å². The van der Waals surface area contributed by atoms with E-state index in [9.17, 15) is 9.59 Å². The first-order valence-electron chi connectivity index (χ1n) is 6.30. The summed E-state index contributed by atoms with van der Waals surface area (Å²) in [6.07, 6.45) is 2.55. The van der Waals surface area contributed by atoms with Crippen LogP contribution in [-0.4, -0.2) is 18.0 Å².